The Hall–Kier alpha value is -7.47. The molecule has 0 saturated heterocycles. The second-order valence-electron chi connectivity index (χ2n) is 14.8. The zero-order valence-corrected chi connectivity index (χ0v) is 32.0. The number of benzene rings is 9. The van der Waals surface area contributed by atoms with E-state index in [1.165, 1.54) is 47.9 Å². The molecular formula is C53H32N4S. The van der Waals surface area contributed by atoms with Gasteiger partial charge in [0.25, 0.3) is 0 Å². The molecule has 0 spiro atoms. The molecule has 12 rings (SSSR count). The normalized spacial score (nSPS) is 11.8. The number of para-hydroxylation sites is 2. The lowest BCUT2D eigenvalue weighted by Gasteiger charge is -2.12. The quantitative estimate of drug-likeness (QED) is 0.164. The Morgan fingerprint density at radius 1 is 0.379 bits per heavy atom. The van der Waals surface area contributed by atoms with Crippen LogP contribution in [0.1, 0.15) is 0 Å². The highest BCUT2D eigenvalue weighted by molar-refractivity contribution is 7.21. The molecule has 0 amide bonds. The van der Waals surface area contributed by atoms with Gasteiger partial charge in [0.2, 0.25) is 0 Å². The fraction of sp³-hybridized carbons (Fsp3) is 0. The molecule has 0 bridgehead atoms. The van der Waals surface area contributed by atoms with Crippen LogP contribution in [-0.4, -0.2) is 19.5 Å². The van der Waals surface area contributed by atoms with Gasteiger partial charge in [-0.25, -0.2) is 15.0 Å². The van der Waals surface area contributed by atoms with E-state index in [0.717, 1.165) is 60.8 Å². The summed E-state index contributed by atoms with van der Waals surface area (Å²) in [6.07, 6.45) is 0. The van der Waals surface area contributed by atoms with E-state index in [9.17, 15) is 0 Å². The smallest absolute Gasteiger partial charge is 0.160 e. The summed E-state index contributed by atoms with van der Waals surface area (Å²) in [6.45, 7) is 0. The van der Waals surface area contributed by atoms with Gasteiger partial charge in [-0.05, 0) is 75.5 Å². The van der Waals surface area contributed by atoms with Crippen molar-refractivity contribution in [3.8, 4) is 50.2 Å². The van der Waals surface area contributed by atoms with Gasteiger partial charge in [-0.15, -0.1) is 11.3 Å². The molecule has 0 aliphatic rings. The molecule has 0 saturated carbocycles. The summed E-state index contributed by atoms with van der Waals surface area (Å²) in [5.41, 5.74) is 10.4. The summed E-state index contributed by atoms with van der Waals surface area (Å²) < 4.78 is 3.54. The van der Waals surface area contributed by atoms with Crippen LogP contribution < -0.4 is 0 Å². The van der Waals surface area contributed by atoms with Crippen LogP contribution in [-0.2, 0) is 0 Å². The molecule has 0 N–H and O–H groups in total. The standard InChI is InChI=1S/C53H32N4S/c1-3-12-35(13-4-1)53-56-51-49(58-53)28-25-34-20-21-37-30-40(24-26-42(37)50(34)51)52-54-45(38-22-19-33-11-7-8-14-36(33)29-38)32-46(55-52)39-23-27-44-43-17-9-10-18-47(43)57(48(44)31-39)41-15-5-2-6-16-41/h1-32H. The molecule has 3 heterocycles. The molecule has 4 nitrogen and oxygen atoms in total. The first-order valence-corrected chi connectivity index (χ1v) is 20.3. The van der Waals surface area contributed by atoms with Gasteiger partial charge >= 0.3 is 0 Å². The summed E-state index contributed by atoms with van der Waals surface area (Å²) in [5.74, 6) is 0.685. The van der Waals surface area contributed by atoms with Crippen LogP contribution in [0.25, 0.3) is 115 Å². The molecule has 270 valence electrons. The zero-order chi connectivity index (χ0) is 38.2. The fourth-order valence-corrected chi connectivity index (χ4v) is 9.57. The molecule has 5 heteroatoms. The lowest BCUT2D eigenvalue weighted by molar-refractivity contribution is 1.17. The summed E-state index contributed by atoms with van der Waals surface area (Å²) in [7, 11) is 0. The van der Waals surface area contributed by atoms with E-state index in [1.807, 2.05) is 6.07 Å². The number of aromatic nitrogens is 4. The van der Waals surface area contributed by atoms with Crippen LogP contribution in [0.15, 0.2) is 194 Å². The third-order valence-electron chi connectivity index (χ3n) is 11.4. The lowest BCUT2D eigenvalue weighted by Crippen LogP contribution is -1.97. The topological polar surface area (TPSA) is 43.6 Å². The van der Waals surface area contributed by atoms with E-state index >= 15 is 0 Å². The minimum Gasteiger partial charge on any atom is -0.309 e. The van der Waals surface area contributed by atoms with Crippen molar-refractivity contribution in [2.45, 2.75) is 0 Å². The van der Waals surface area contributed by atoms with E-state index in [4.69, 9.17) is 15.0 Å². The summed E-state index contributed by atoms with van der Waals surface area (Å²) in [5, 5.41) is 10.5. The molecule has 0 aliphatic carbocycles. The predicted octanol–water partition coefficient (Wildman–Crippen LogP) is 14.3. The minimum absolute atomic E-state index is 0.685. The highest BCUT2D eigenvalue weighted by atomic mass is 32.1. The Morgan fingerprint density at radius 2 is 1.00 bits per heavy atom. The van der Waals surface area contributed by atoms with Gasteiger partial charge in [-0.3, -0.25) is 0 Å². The molecule has 0 fully saturated rings. The van der Waals surface area contributed by atoms with Crippen LogP contribution in [0, 0.1) is 0 Å². The average Bonchev–Trinajstić information content (AvgIpc) is 3.88. The van der Waals surface area contributed by atoms with E-state index in [2.05, 4.69) is 193 Å². The number of hydrogen-bond acceptors (Lipinski definition) is 4. The van der Waals surface area contributed by atoms with Crippen LogP contribution in [0.3, 0.4) is 0 Å². The number of fused-ring (bicyclic) bond motifs is 9. The lowest BCUT2D eigenvalue weighted by atomic mass is 9.98. The average molecular weight is 757 g/mol. The maximum absolute atomic E-state index is 5.35. The molecule has 3 aromatic heterocycles. The highest BCUT2D eigenvalue weighted by Gasteiger charge is 2.17. The molecule has 0 aliphatic heterocycles. The van der Waals surface area contributed by atoms with Crippen molar-refractivity contribution in [1.82, 2.24) is 19.5 Å². The molecule has 0 unspecified atom stereocenters. The highest BCUT2D eigenvalue weighted by Crippen LogP contribution is 2.40. The second kappa shape index (κ2) is 13.1. The van der Waals surface area contributed by atoms with Gasteiger partial charge < -0.3 is 4.57 Å². The third-order valence-corrected chi connectivity index (χ3v) is 12.5. The Bertz CT molecular complexity index is 3570. The van der Waals surface area contributed by atoms with Crippen molar-refractivity contribution in [3.63, 3.8) is 0 Å². The SMILES string of the molecule is c1ccc(-c2nc3c(ccc4ccc5cc(-c6nc(-c7ccc8ccccc8c7)cc(-c7ccc8c9ccccc9n(-c9ccccc9)c8c7)n6)ccc5c43)s2)cc1. The maximum atomic E-state index is 5.35. The summed E-state index contributed by atoms with van der Waals surface area (Å²) in [4.78, 5) is 15.9. The Kier molecular flexibility index (Phi) is 7.37. The van der Waals surface area contributed by atoms with Crippen LogP contribution in [0.5, 0.6) is 0 Å². The number of rotatable bonds is 5. The van der Waals surface area contributed by atoms with Gasteiger partial charge in [0.15, 0.2) is 5.82 Å². The van der Waals surface area contributed by atoms with Crippen molar-refractivity contribution in [2.24, 2.45) is 0 Å². The van der Waals surface area contributed by atoms with Crippen molar-refractivity contribution in [2.75, 3.05) is 0 Å². The first-order chi connectivity index (χ1) is 28.7. The van der Waals surface area contributed by atoms with Gasteiger partial charge in [-0.1, -0.05) is 146 Å². The monoisotopic (exact) mass is 756 g/mol. The van der Waals surface area contributed by atoms with Gasteiger partial charge in [0, 0.05) is 44.1 Å². The van der Waals surface area contributed by atoms with E-state index in [-0.39, 0.29) is 0 Å². The van der Waals surface area contributed by atoms with Crippen molar-refractivity contribution in [3.05, 3.63) is 194 Å². The molecule has 58 heavy (non-hydrogen) atoms. The van der Waals surface area contributed by atoms with E-state index < -0.39 is 0 Å². The zero-order valence-electron chi connectivity index (χ0n) is 31.2. The van der Waals surface area contributed by atoms with Gasteiger partial charge in [0.05, 0.1) is 32.6 Å². The number of hydrogen-bond donors (Lipinski definition) is 0. The van der Waals surface area contributed by atoms with Crippen molar-refractivity contribution < 1.29 is 0 Å². The van der Waals surface area contributed by atoms with Crippen molar-refractivity contribution in [1.29, 1.82) is 0 Å². The predicted molar refractivity (Wildman–Crippen MR) is 244 cm³/mol. The van der Waals surface area contributed by atoms with Crippen LogP contribution >= 0.6 is 11.3 Å². The van der Waals surface area contributed by atoms with Crippen LogP contribution in [0.2, 0.25) is 0 Å². The van der Waals surface area contributed by atoms with Gasteiger partial charge in [-0.2, -0.15) is 0 Å². The molecule has 0 atom stereocenters. The fourth-order valence-electron chi connectivity index (χ4n) is 8.59. The minimum atomic E-state index is 0.685. The van der Waals surface area contributed by atoms with Crippen molar-refractivity contribution >= 4 is 75.7 Å². The Labute approximate surface area is 338 Å². The number of thiazole rings is 1. The molecular weight excluding hydrogens is 725 g/mol. The largest absolute Gasteiger partial charge is 0.309 e. The molecule has 12 aromatic rings. The first-order valence-electron chi connectivity index (χ1n) is 19.5. The first kappa shape index (κ1) is 32.7. The number of nitrogens with zero attached hydrogens (tertiary/aromatic N) is 4. The maximum Gasteiger partial charge on any atom is 0.160 e. The van der Waals surface area contributed by atoms with E-state index in [0.29, 0.717) is 5.82 Å². The Morgan fingerprint density at radius 3 is 1.86 bits per heavy atom. The molecule has 0 radical (unpaired) electrons. The van der Waals surface area contributed by atoms with E-state index in [1.54, 1.807) is 11.3 Å². The second-order valence-corrected chi connectivity index (χ2v) is 15.9. The Balaban J connectivity index is 1.05. The summed E-state index contributed by atoms with van der Waals surface area (Å²) in [6, 6.07) is 69.1. The molecule has 9 aromatic carbocycles. The van der Waals surface area contributed by atoms with Gasteiger partial charge in [0.1, 0.15) is 5.01 Å². The third kappa shape index (κ3) is 5.32. The summed E-state index contributed by atoms with van der Waals surface area (Å²) >= 11 is 1.74. The van der Waals surface area contributed by atoms with Crippen LogP contribution in [0.4, 0.5) is 0 Å².